The predicted molar refractivity (Wildman–Crippen MR) is 158 cm³/mol. The molecule has 1 fully saturated rings. The minimum absolute atomic E-state index is 0.0543. The third-order valence-corrected chi connectivity index (χ3v) is 7.99. The third kappa shape index (κ3) is 9.57. The van der Waals surface area contributed by atoms with Crippen molar-refractivity contribution in [3.05, 3.63) is 52.5 Å². The molecular weight excluding hydrogens is 603 g/mol. The van der Waals surface area contributed by atoms with E-state index in [1.807, 2.05) is 29.2 Å². The Morgan fingerprint density at radius 1 is 1.02 bits per heavy atom. The minimum Gasteiger partial charge on any atom is -0.481 e. The van der Waals surface area contributed by atoms with Gasteiger partial charge in [-0.15, -0.1) is 0 Å². The summed E-state index contributed by atoms with van der Waals surface area (Å²) in [6.07, 6.45) is 1.49. The molecule has 0 aromatic heterocycles. The molecule has 240 valence electrons. The lowest BCUT2D eigenvalue weighted by atomic mass is 9.94. The van der Waals surface area contributed by atoms with Gasteiger partial charge in [-0.05, 0) is 55.5 Å². The second-order valence-electron chi connectivity index (χ2n) is 10.7. The Morgan fingerprint density at radius 3 is 2.55 bits per heavy atom. The molecule has 9 nitrogen and oxygen atoms in total. The molecule has 0 saturated heterocycles. The van der Waals surface area contributed by atoms with Crippen LogP contribution in [0.15, 0.2) is 36.4 Å². The maximum Gasteiger partial charge on any atom is 0.491 e. The average molecular weight is 640 g/mol. The number of esters is 1. The number of anilines is 1. The lowest BCUT2D eigenvalue weighted by Crippen LogP contribution is -2.45. The van der Waals surface area contributed by atoms with Gasteiger partial charge in [0.1, 0.15) is 5.69 Å². The van der Waals surface area contributed by atoms with Crippen LogP contribution in [0.4, 0.5) is 18.9 Å². The summed E-state index contributed by atoms with van der Waals surface area (Å²) < 4.78 is 53.8. The zero-order valence-corrected chi connectivity index (χ0v) is 25.1. The van der Waals surface area contributed by atoms with E-state index in [-0.39, 0.29) is 30.0 Å². The van der Waals surface area contributed by atoms with Crippen molar-refractivity contribution >= 4 is 35.1 Å². The van der Waals surface area contributed by atoms with Crippen LogP contribution >= 0.6 is 11.6 Å². The van der Waals surface area contributed by atoms with Crippen molar-refractivity contribution in [2.24, 2.45) is 0 Å². The van der Waals surface area contributed by atoms with Crippen LogP contribution in [0, 0.1) is 0 Å². The number of halogens is 4. The maximum atomic E-state index is 13.2. The second-order valence-corrected chi connectivity index (χ2v) is 11.1. The van der Waals surface area contributed by atoms with Gasteiger partial charge in [0.25, 0.3) is 5.91 Å². The first-order valence-corrected chi connectivity index (χ1v) is 15.2. The van der Waals surface area contributed by atoms with E-state index < -0.39 is 23.8 Å². The lowest BCUT2D eigenvalue weighted by Gasteiger charge is -2.34. The number of alkyl halides is 3. The fraction of sp³-hybridized carbons (Fsp3) is 0.516. The highest BCUT2D eigenvalue weighted by Gasteiger charge is 2.42. The molecule has 2 aliphatic rings. The molecule has 0 bridgehead atoms. The number of hydrogen-bond donors (Lipinski definition) is 2. The van der Waals surface area contributed by atoms with Crippen LogP contribution in [0.25, 0.3) is 0 Å². The van der Waals surface area contributed by atoms with Gasteiger partial charge in [-0.1, -0.05) is 55.1 Å². The van der Waals surface area contributed by atoms with E-state index in [9.17, 15) is 27.6 Å². The number of amides is 2. The zero-order valence-electron chi connectivity index (χ0n) is 24.3. The fourth-order valence-electron chi connectivity index (χ4n) is 5.38. The molecule has 2 N–H and O–H groups in total. The van der Waals surface area contributed by atoms with Gasteiger partial charge in [-0.25, -0.2) is 4.79 Å². The van der Waals surface area contributed by atoms with Crippen molar-refractivity contribution < 1.29 is 41.8 Å². The summed E-state index contributed by atoms with van der Waals surface area (Å²) in [7, 11) is 0. The number of benzene rings is 2. The van der Waals surface area contributed by atoms with Gasteiger partial charge < -0.3 is 29.7 Å². The Bertz CT molecular complexity index is 1300. The van der Waals surface area contributed by atoms with Gasteiger partial charge in [0.2, 0.25) is 5.91 Å². The molecule has 13 heteroatoms. The molecule has 0 spiro atoms. The van der Waals surface area contributed by atoms with E-state index in [0.717, 1.165) is 31.2 Å². The molecule has 1 aliphatic carbocycles. The van der Waals surface area contributed by atoms with Crippen LogP contribution in [0.5, 0.6) is 11.5 Å². The van der Waals surface area contributed by atoms with Crippen LogP contribution < -0.4 is 20.1 Å². The number of fused-ring (bicyclic) bond motifs is 1. The first-order chi connectivity index (χ1) is 21.1. The summed E-state index contributed by atoms with van der Waals surface area (Å²) in [5.41, 5.74) is 1.51. The molecular formula is C31H37ClF3N3O6. The molecule has 1 heterocycles. The Labute approximate surface area is 259 Å². The van der Waals surface area contributed by atoms with Crippen molar-refractivity contribution in [1.29, 1.82) is 0 Å². The van der Waals surface area contributed by atoms with E-state index in [1.165, 1.54) is 18.6 Å². The normalized spacial score (nSPS) is 15.2. The number of ether oxygens (including phenoxy) is 3. The van der Waals surface area contributed by atoms with Gasteiger partial charge in [0.15, 0.2) is 18.1 Å². The summed E-state index contributed by atoms with van der Waals surface area (Å²) in [6, 6.07) is 10.5. The van der Waals surface area contributed by atoms with Gasteiger partial charge >= 0.3 is 12.1 Å². The Balaban J connectivity index is 1.27. The monoisotopic (exact) mass is 639 g/mol. The second kappa shape index (κ2) is 16.1. The molecule has 4 rings (SSSR count). The number of carbonyl (C=O) groups excluding carboxylic acids is 3. The highest BCUT2D eigenvalue weighted by Crippen LogP contribution is 2.40. The molecule has 2 aromatic carbocycles. The first-order valence-electron chi connectivity index (χ1n) is 14.8. The van der Waals surface area contributed by atoms with Gasteiger partial charge in [-0.2, -0.15) is 13.2 Å². The molecule has 2 aromatic rings. The van der Waals surface area contributed by atoms with Gasteiger partial charge in [0, 0.05) is 24.2 Å². The third-order valence-electron chi connectivity index (χ3n) is 7.62. The van der Waals surface area contributed by atoms with Crippen molar-refractivity contribution in [2.75, 3.05) is 44.8 Å². The van der Waals surface area contributed by atoms with E-state index in [4.69, 9.17) is 21.1 Å². The zero-order chi connectivity index (χ0) is 31.5. The largest absolute Gasteiger partial charge is 0.491 e. The molecule has 44 heavy (non-hydrogen) atoms. The number of rotatable bonds is 14. The first kappa shape index (κ1) is 33.5. The van der Waals surface area contributed by atoms with Crippen molar-refractivity contribution in [3.8, 4) is 11.5 Å². The highest BCUT2D eigenvalue weighted by atomic mass is 35.5. The van der Waals surface area contributed by atoms with E-state index in [2.05, 4.69) is 15.4 Å². The summed E-state index contributed by atoms with van der Waals surface area (Å²) in [5.74, 6) is -3.20. The molecule has 0 radical (unpaired) electrons. The minimum atomic E-state index is -5.19. The Hall–Kier alpha value is -3.35. The number of carbonyl (C=O) groups is 3. The van der Waals surface area contributed by atoms with Crippen LogP contribution in [0.1, 0.15) is 49.7 Å². The van der Waals surface area contributed by atoms with Gasteiger partial charge in [0.05, 0.1) is 19.6 Å². The van der Waals surface area contributed by atoms with Crippen LogP contribution in [0.2, 0.25) is 5.02 Å². The summed E-state index contributed by atoms with van der Waals surface area (Å²) >= 11 is 6.20. The SMILES string of the molecule is O=C1COc2c(CCNCCN(C(=O)CCOCCc3ccccc3Cl)C3CCCCC3)ccc(OC(=O)C(F)(F)F)c2N1. The van der Waals surface area contributed by atoms with Crippen LogP contribution in [-0.2, 0) is 32.0 Å². The number of nitrogens with zero attached hydrogens (tertiary/aromatic N) is 1. The standard InChI is InChI=1S/C31H37ClF3N3O6/c32-24-9-5-4-6-21(24)13-18-42-19-14-27(40)38(23-7-2-1-3-8-23)17-16-36-15-12-22-10-11-25(44-30(41)31(33,34)35)28-29(22)43-20-26(39)37-28/h4-6,9-11,23,36H,1-3,7-8,12-20H2,(H,37,39). The van der Waals surface area contributed by atoms with Crippen molar-refractivity contribution in [2.45, 2.75) is 63.6 Å². The van der Waals surface area contributed by atoms with Crippen molar-refractivity contribution in [3.63, 3.8) is 0 Å². The molecule has 0 unspecified atom stereocenters. The Kier molecular flexibility index (Phi) is 12.3. The van der Waals surface area contributed by atoms with Gasteiger partial charge in [-0.3, -0.25) is 9.59 Å². The topological polar surface area (TPSA) is 106 Å². The molecule has 1 aliphatic heterocycles. The number of hydrogen-bond acceptors (Lipinski definition) is 7. The van der Waals surface area contributed by atoms with Crippen LogP contribution in [-0.4, -0.2) is 74.4 Å². The maximum absolute atomic E-state index is 13.2. The molecule has 2 amide bonds. The van der Waals surface area contributed by atoms with Crippen molar-refractivity contribution in [1.82, 2.24) is 10.2 Å². The van der Waals surface area contributed by atoms with E-state index >= 15 is 0 Å². The number of nitrogens with one attached hydrogen (secondary N) is 2. The van der Waals surface area contributed by atoms with Crippen LogP contribution in [0.3, 0.4) is 0 Å². The molecule has 1 saturated carbocycles. The van der Waals surface area contributed by atoms with E-state index in [0.29, 0.717) is 62.7 Å². The predicted octanol–water partition coefficient (Wildman–Crippen LogP) is 5.08. The average Bonchev–Trinajstić information content (AvgIpc) is 3.00. The lowest BCUT2D eigenvalue weighted by molar-refractivity contribution is -0.189. The Morgan fingerprint density at radius 2 is 1.80 bits per heavy atom. The molecule has 0 atom stereocenters. The quantitative estimate of drug-likeness (QED) is 0.169. The highest BCUT2D eigenvalue weighted by molar-refractivity contribution is 6.31. The smallest absolute Gasteiger partial charge is 0.481 e. The summed E-state index contributed by atoms with van der Waals surface area (Å²) in [4.78, 5) is 38.3. The summed E-state index contributed by atoms with van der Waals surface area (Å²) in [6.45, 7) is 2.03. The summed E-state index contributed by atoms with van der Waals surface area (Å²) in [5, 5.41) is 6.46. The van der Waals surface area contributed by atoms with E-state index in [1.54, 1.807) is 0 Å². The fourth-order valence-corrected chi connectivity index (χ4v) is 5.61.